The molecule has 0 amide bonds. The van der Waals surface area contributed by atoms with Crippen molar-refractivity contribution in [3.8, 4) is 0 Å². The minimum absolute atomic E-state index is 0.223. The summed E-state index contributed by atoms with van der Waals surface area (Å²) in [6.45, 7) is 3.65. The number of anilines is 2. The van der Waals surface area contributed by atoms with Crippen LogP contribution < -0.4 is 5.32 Å². The van der Waals surface area contributed by atoms with Gasteiger partial charge in [-0.1, -0.05) is 18.2 Å². The Morgan fingerprint density at radius 3 is 2.56 bits per heavy atom. The fourth-order valence-corrected chi connectivity index (χ4v) is 2.76. The SMILES string of the molecule is CCOC(=O)c1ccccc1Nc1cc(C)nc2cc(C(F)(F)F)ccc12. The highest BCUT2D eigenvalue weighted by Crippen LogP contribution is 2.34. The minimum atomic E-state index is -4.44. The Bertz CT molecular complexity index is 1000. The molecule has 1 heterocycles. The van der Waals surface area contributed by atoms with Crippen molar-refractivity contribution in [3.05, 3.63) is 65.4 Å². The van der Waals surface area contributed by atoms with Crippen LogP contribution in [0.2, 0.25) is 0 Å². The number of hydrogen-bond donors (Lipinski definition) is 1. The normalized spacial score (nSPS) is 11.4. The van der Waals surface area contributed by atoms with E-state index in [-0.39, 0.29) is 12.1 Å². The second-order valence-electron chi connectivity index (χ2n) is 5.93. The second kappa shape index (κ2) is 7.26. The number of carbonyl (C=O) groups is 1. The molecular weight excluding hydrogens is 357 g/mol. The summed E-state index contributed by atoms with van der Waals surface area (Å²) in [5, 5.41) is 3.65. The number of fused-ring (bicyclic) bond motifs is 1. The summed E-state index contributed by atoms with van der Waals surface area (Å²) in [7, 11) is 0. The first-order chi connectivity index (χ1) is 12.8. The molecule has 140 valence electrons. The van der Waals surface area contributed by atoms with Gasteiger partial charge in [-0.25, -0.2) is 4.79 Å². The van der Waals surface area contributed by atoms with Gasteiger partial charge in [-0.15, -0.1) is 0 Å². The molecule has 0 aliphatic carbocycles. The number of aryl methyl sites for hydroxylation is 1. The fourth-order valence-electron chi connectivity index (χ4n) is 2.76. The zero-order chi connectivity index (χ0) is 19.6. The molecule has 0 aliphatic heterocycles. The lowest BCUT2D eigenvalue weighted by Crippen LogP contribution is -2.08. The maximum atomic E-state index is 13.0. The lowest BCUT2D eigenvalue weighted by atomic mass is 10.1. The third-order valence-corrected chi connectivity index (χ3v) is 3.96. The van der Waals surface area contributed by atoms with Gasteiger partial charge in [0.25, 0.3) is 0 Å². The van der Waals surface area contributed by atoms with Crippen LogP contribution in [-0.2, 0) is 10.9 Å². The van der Waals surface area contributed by atoms with Crippen LogP contribution in [0.1, 0.15) is 28.5 Å². The van der Waals surface area contributed by atoms with Crippen molar-refractivity contribution in [2.24, 2.45) is 0 Å². The van der Waals surface area contributed by atoms with Crippen molar-refractivity contribution in [1.82, 2.24) is 4.98 Å². The number of carbonyl (C=O) groups excluding carboxylic acids is 1. The molecule has 3 rings (SSSR count). The van der Waals surface area contributed by atoms with Crippen LogP contribution in [0.25, 0.3) is 10.9 Å². The van der Waals surface area contributed by atoms with Crippen LogP contribution >= 0.6 is 0 Å². The van der Waals surface area contributed by atoms with Crippen molar-refractivity contribution in [2.75, 3.05) is 11.9 Å². The molecule has 0 bridgehead atoms. The molecule has 3 aromatic rings. The number of para-hydroxylation sites is 1. The lowest BCUT2D eigenvalue weighted by Gasteiger charge is -2.15. The number of nitrogens with one attached hydrogen (secondary N) is 1. The third kappa shape index (κ3) is 4.02. The smallest absolute Gasteiger partial charge is 0.416 e. The van der Waals surface area contributed by atoms with Gasteiger partial charge in [-0.3, -0.25) is 4.98 Å². The average Bonchev–Trinajstić information content (AvgIpc) is 2.61. The Hall–Kier alpha value is -3.09. The molecular formula is C20H17F3N2O2. The van der Waals surface area contributed by atoms with Gasteiger partial charge in [-0.05, 0) is 44.2 Å². The summed E-state index contributed by atoms with van der Waals surface area (Å²) < 4.78 is 44.0. The van der Waals surface area contributed by atoms with Crippen LogP contribution in [0.5, 0.6) is 0 Å². The van der Waals surface area contributed by atoms with Crippen LogP contribution in [0, 0.1) is 6.92 Å². The van der Waals surface area contributed by atoms with Crippen molar-refractivity contribution >= 4 is 28.2 Å². The largest absolute Gasteiger partial charge is 0.462 e. The van der Waals surface area contributed by atoms with Gasteiger partial charge in [0.1, 0.15) is 0 Å². The van der Waals surface area contributed by atoms with E-state index in [1.54, 1.807) is 44.2 Å². The summed E-state index contributed by atoms with van der Waals surface area (Å²) in [4.78, 5) is 16.3. The van der Waals surface area contributed by atoms with E-state index in [1.165, 1.54) is 6.07 Å². The molecule has 2 aromatic carbocycles. The fraction of sp³-hybridized carbons (Fsp3) is 0.200. The molecule has 0 spiro atoms. The predicted molar refractivity (Wildman–Crippen MR) is 97.2 cm³/mol. The van der Waals surface area contributed by atoms with E-state index in [2.05, 4.69) is 10.3 Å². The number of hydrogen-bond acceptors (Lipinski definition) is 4. The molecule has 1 N–H and O–H groups in total. The van der Waals surface area contributed by atoms with Crippen LogP contribution in [-0.4, -0.2) is 17.6 Å². The maximum absolute atomic E-state index is 13.0. The Morgan fingerprint density at radius 1 is 1.11 bits per heavy atom. The number of ether oxygens (including phenoxy) is 1. The van der Waals surface area contributed by atoms with Crippen molar-refractivity contribution in [3.63, 3.8) is 0 Å². The molecule has 0 radical (unpaired) electrons. The lowest BCUT2D eigenvalue weighted by molar-refractivity contribution is -0.137. The Labute approximate surface area is 154 Å². The first kappa shape index (κ1) is 18.7. The zero-order valence-electron chi connectivity index (χ0n) is 14.7. The monoisotopic (exact) mass is 374 g/mol. The highest BCUT2D eigenvalue weighted by atomic mass is 19.4. The Kier molecular flexibility index (Phi) is 5.03. The number of nitrogens with zero attached hydrogens (tertiary/aromatic N) is 1. The molecule has 0 atom stereocenters. The predicted octanol–water partition coefficient (Wildman–Crippen LogP) is 5.48. The molecule has 0 fully saturated rings. The van der Waals surface area contributed by atoms with Gasteiger partial charge in [-0.2, -0.15) is 13.2 Å². The molecule has 0 saturated carbocycles. The van der Waals surface area contributed by atoms with Crippen LogP contribution in [0.3, 0.4) is 0 Å². The topological polar surface area (TPSA) is 51.2 Å². The molecule has 0 unspecified atom stereocenters. The summed E-state index contributed by atoms with van der Waals surface area (Å²) in [5.74, 6) is -0.477. The van der Waals surface area contributed by atoms with E-state index >= 15 is 0 Å². The van der Waals surface area contributed by atoms with Crippen molar-refractivity contribution < 1.29 is 22.7 Å². The number of alkyl halides is 3. The number of esters is 1. The minimum Gasteiger partial charge on any atom is -0.462 e. The number of halogens is 3. The van der Waals surface area contributed by atoms with E-state index in [0.29, 0.717) is 28.0 Å². The van der Waals surface area contributed by atoms with Gasteiger partial charge in [0.15, 0.2) is 0 Å². The van der Waals surface area contributed by atoms with Gasteiger partial charge in [0.05, 0.1) is 28.9 Å². The van der Waals surface area contributed by atoms with E-state index in [4.69, 9.17) is 4.74 Å². The highest BCUT2D eigenvalue weighted by molar-refractivity contribution is 5.99. The molecule has 0 aliphatic rings. The molecule has 27 heavy (non-hydrogen) atoms. The first-order valence-electron chi connectivity index (χ1n) is 8.31. The number of rotatable bonds is 4. The van der Waals surface area contributed by atoms with Gasteiger partial charge >= 0.3 is 12.1 Å². The number of benzene rings is 2. The van der Waals surface area contributed by atoms with Crippen LogP contribution in [0.4, 0.5) is 24.5 Å². The molecule has 0 saturated heterocycles. The first-order valence-corrected chi connectivity index (χ1v) is 8.31. The standard InChI is InChI=1S/C20H17F3N2O2/c1-3-27-19(26)15-6-4-5-7-16(15)25-17-10-12(2)24-18-11-13(20(21,22)23)8-9-14(17)18/h4-11H,3H2,1-2H3,(H,24,25). The van der Waals surface area contributed by atoms with Crippen molar-refractivity contribution in [1.29, 1.82) is 0 Å². The van der Waals surface area contributed by atoms with E-state index in [0.717, 1.165) is 12.1 Å². The summed E-state index contributed by atoms with van der Waals surface area (Å²) in [6, 6.07) is 11.9. The third-order valence-electron chi connectivity index (χ3n) is 3.96. The average molecular weight is 374 g/mol. The summed E-state index contributed by atoms with van der Waals surface area (Å²) >= 11 is 0. The quantitative estimate of drug-likeness (QED) is 0.614. The van der Waals surface area contributed by atoms with E-state index in [9.17, 15) is 18.0 Å². The van der Waals surface area contributed by atoms with Crippen molar-refractivity contribution in [2.45, 2.75) is 20.0 Å². The number of pyridine rings is 1. The highest BCUT2D eigenvalue weighted by Gasteiger charge is 2.30. The second-order valence-corrected chi connectivity index (χ2v) is 5.93. The van der Waals surface area contributed by atoms with Gasteiger partial charge in [0.2, 0.25) is 0 Å². The molecule has 4 nitrogen and oxygen atoms in total. The molecule has 1 aromatic heterocycles. The summed E-state index contributed by atoms with van der Waals surface area (Å²) in [6.07, 6.45) is -4.44. The maximum Gasteiger partial charge on any atom is 0.416 e. The Morgan fingerprint density at radius 2 is 1.85 bits per heavy atom. The van der Waals surface area contributed by atoms with E-state index in [1.807, 2.05) is 0 Å². The summed E-state index contributed by atoms with van der Waals surface area (Å²) in [5.41, 5.74) is 1.42. The number of aromatic nitrogens is 1. The zero-order valence-corrected chi connectivity index (χ0v) is 14.7. The van der Waals surface area contributed by atoms with E-state index < -0.39 is 17.7 Å². The van der Waals surface area contributed by atoms with Crippen LogP contribution in [0.15, 0.2) is 48.5 Å². The molecule has 7 heteroatoms. The Balaban J connectivity index is 2.07. The van der Waals surface area contributed by atoms with Gasteiger partial charge in [0, 0.05) is 16.8 Å². The van der Waals surface area contributed by atoms with Gasteiger partial charge < -0.3 is 10.1 Å².